The Balaban J connectivity index is 3.48. The number of nitrogens with one attached hydrogen (secondary N) is 9. The maximum atomic E-state index is 13.6. The number of nitrogens with zero attached hydrogens (tertiary/aromatic N) is 2. The van der Waals surface area contributed by atoms with E-state index >= 15 is 0 Å². The van der Waals surface area contributed by atoms with Crippen molar-refractivity contribution in [3.63, 3.8) is 0 Å². The van der Waals surface area contributed by atoms with Crippen LogP contribution in [0.3, 0.4) is 0 Å². The van der Waals surface area contributed by atoms with E-state index in [2.05, 4.69) is 57.8 Å². The van der Waals surface area contributed by atoms with Gasteiger partial charge in [0.1, 0.15) is 41.6 Å². The smallest absolute Gasteiger partial charge is 0.291 e. The Hall–Kier alpha value is -6.33. The van der Waals surface area contributed by atoms with E-state index in [0.717, 1.165) is 6.92 Å². The Kier molecular flexibility index (Phi) is 25.2. The molecule has 1 aliphatic heterocycles. The zero-order valence-electron chi connectivity index (χ0n) is 34.9. The first-order valence-electron chi connectivity index (χ1n) is 19.7. The van der Waals surface area contributed by atoms with E-state index in [4.69, 9.17) is 22.9 Å². The van der Waals surface area contributed by atoms with Crippen LogP contribution in [0.25, 0.3) is 0 Å². The molecule has 7 atom stereocenters. The molecule has 1 aliphatic rings. The number of nitrogens with two attached hydrogens (primary N) is 4. The molecule has 0 saturated carbocycles. The van der Waals surface area contributed by atoms with Gasteiger partial charge in [-0.05, 0) is 59.3 Å². The van der Waals surface area contributed by atoms with Crippen LogP contribution in [-0.4, -0.2) is 182 Å². The van der Waals surface area contributed by atoms with Gasteiger partial charge in [-0.2, -0.15) is 0 Å². The number of hydrogen-bond donors (Lipinski definition) is 15. The lowest BCUT2D eigenvalue weighted by molar-refractivity contribution is -0.135. The Bertz CT molecular complexity index is 1720. The number of aliphatic hydroxyl groups is 2. The number of aliphatic imine (C=N–C) groups is 2. The van der Waals surface area contributed by atoms with Crippen LogP contribution in [0.2, 0.25) is 0 Å². The van der Waals surface area contributed by atoms with Gasteiger partial charge in [0.2, 0.25) is 47.8 Å². The molecule has 28 heteroatoms. The highest BCUT2D eigenvalue weighted by Crippen LogP contribution is 2.03. The largest absolute Gasteiger partial charge is 0.391 e. The molecule has 1 heterocycles. The van der Waals surface area contributed by atoms with Crippen molar-refractivity contribution in [2.24, 2.45) is 32.9 Å². The molecule has 0 bridgehead atoms. The van der Waals surface area contributed by atoms with E-state index in [1.165, 1.54) is 6.92 Å². The minimum atomic E-state index is -1.70. The summed E-state index contributed by atoms with van der Waals surface area (Å²) in [4.78, 5) is 148. The van der Waals surface area contributed by atoms with E-state index in [9.17, 15) is 63.0 Å². The van der Waals surface area contributed by atoms with Crippen LogP contribution in [-0.2, 0) is 52.7 Å². The van der Waals surface area contributed by atoms with Crippen LogP contribution < -0.4 is 70.8 Å². The SMILES string of the molecule is C[C@@H](O)[C@@H]1NC(=O)/C(CCN)=N/C(=O)/C(CCN)=N\C(=O)CNC(=O)CNC(=O)[C@H](CCN)NC(=O)[C@@H](NC(=O)CNC(=O)[C@@H](NC(=O)[C@H](CCN)NC=O)[C@@H](C)O)CCNC1=O. The molecule has 0 aliphatic carbocycles. The third kappa shape index (κ3) is 19.9. The van der Waals surface area contributed by atoms with Gasteiger partial charge in [-0.25, -0.2) is 9.98 Å². The summed E-state index contributed by atoms with van der Waals surface area (Å²) in [5, 5.41) is 41.1. The monoisotopic (exact) mass is 897 g/mol. The Morgan fingerprint density at radius 3 is 2.06 bits per heavy atom. The number of rotatable bonds is 18. The summed E-state index contributed by atoms with van der Waals surface area (Å²) in [6.45, 7) is -1.01. The molecule has 352 valence electrons. The van der Waals surface area contributed by atoms with Crippen LogP contribution in [0.15, 0.2) is 9.98 Å². The topological polar surface area (TPSA) is 465 Å². The summed E-state index contributed by atoms with van der Waals surface area (Å²) < 4.78 is 0. The molecule has 63 heavy (non-hydrogen) atoms. The van der Waals surface area contributed by atoms with Crippen molar-refractivity contribution in [3.05, 3.63) is 0 Å². The molecule has 0 fully saturated rings. The molecular formula is C35H59N15O13. The first kappa shape index (κ1) is 54.7. The van der Waals surface area contributed by atoms with Gasteiger partial charge in [-0.15, -0.1) is 0 Å². The molecule has 0 saturated heterocycles. The van der Waals surface area contributed by atoms with Crippen molar-refractivity contribution in [2.45, 2.75) is 88.4 Å². The number of carbonyl (C=O) groups is 11. The van der Waals surface area contributed by atoms with Gasteiger partial charge in [0.05, 0.1) is 31.8 Å². The minimum Gasteiger partial charge on any atom is -0.391 e. The predicted octanol–water partition coefficient (Wildman–Crippen LogP) is -10.00. The van der Waals surface area contributed by atoms with E-state index in [1.807, 2.05) is 0 Å². The number of aliphatic hydroxyl groups excluding tert-OH is 2. The second-order valence-electron chi connectivity index (χ2n) is 13.8. The summed E-state index contributed by atoms with van der Waals surface area (Å²) in [7, 11) is 0. The highest BCUT2D eigenvalue weighted by molar-refractivity contribution is 6.48. The zero-order valence-corrected chi connectivity index (χ0v) is 34.9. The molecule has 19 N–H and O–H groups in total. The third-order valence-corrected chi connectivity index (χ3v) is 8.68. The average molecular weight is 898 g/mol. The molecule has 0 spiro atoms. The first-order valence-corrected chi connectivity index (χ1v) is 19.7. The first-order chi connectivity index (χ1) is 29.8. The van der Waals surface area contributed by atoms with Crippen molar-refractivity contribution in [3.8, 4) is 0 Å². The number of hydrogen-bond acceptors (Lipinski definition) is 17. The molecule has 1 rings (SSSR count). The van der Waals surface area contributed by atoms with Crippen LogP contribution >= 0.6 is 0 Å². The second kappa shape index (κ2) is 29.1. The maximum absolute atomic E-state index is 13.6. The van der Waals surface area contributed by atoms with Gasteiger partial charge in [-0.3, -0.25) is 52.7 Å². The van der Waals surface area contributed by atoms with E-state index in [-0.39, 0.29) is 58.3 Å². The van der Waals surface area contributed by atoms with E-state index in [1.54, 1.807) is 0 Å². The normalized spacial score (nSPS) is 22.6. The molecule has 28 nitrogen and oxygen atoms in total. The molecule has 0 radical (unpaired) electrons. The fraction of sp³-hybridized carbons (Fsp3) is 0.629. The summed E-state index contributed by atoms with van der Waals surface area (Å²) in [6.07, 6.45) is -4.05. The second-order valence-corrected chi connectivity index (χ2v) is 13.8. The van der Waals surface area contributed by atoms with Crippen molar-refractivity contribution in [2.75, 3.05) is 52.4 Å². The number of amides is 11. The van der Waals surface area contributed by atoms with Gasteiger partial charge in [0.25, 0.3) is 17.7 Å². The Morgan fingerprint density at radius 1 is 0.810 bits per heavy atom. The summed E-state index contributed by atoms with van der Waals surface area (Å²) in [5.74, 6) is -10.1. The summed E-state index contributed by atoms with van der Waals surface area (Å²) in [6, 6.07) is -7.47. The van der Waals surface area contributed by atoms with Crippen LogP contribution in [0.4, 0.5) is 0 Å². The van der Waals surface area contributed by atoms with Crippen LogP contribution in [0, 0.1) is 0 Å². The lowest BCUT2D eigenvalue weighted by Crippen LogP contribution is -2.59. The number of carbonyl (C=O) groups excluding carboxylic acids is 11. The highest BCUT2D eigenvalue weighted by Gasteiger charge is 2.32. The average Bonchev–Trinajstić information content (AvgIpc) is 3.23. The predicted molar refractivity (Wildman–Crippen MR) is 220 cm³/mol. The van der Waals surface area contributed by atoms with Crippen LogP contribution in [0.1, 0.15) is 46.0 Å². The quantitative estimate of drug-likeness (QED) is 0.0568. The van der Waals surface area contributed by atoms with Gasteiger partial charge < -0.3 is 81.0 Å². The van der Waals surface area contributed by atoms with Crippen molar-refractivity contribution < 1.29 is 63.0 Å². The fourth-order valence-electron chi connectivity index (χ4n) is 5.39. The van der Waals surface area contributed by atoms with E-state index in [0.29, 0.717) is 0 Å². The van der Waals surface area contributed by atoms with Gasteiger partial charge in [0, 0.05) is 19.4 Å². The van der Waals surface area contributed by atoms with Crippen molar-refractivity contribution in [1.29, 1.82) is 0 Å². The standard InChI is InChI=1S/C35H59N15O13/c1-17(52)27-34(62)40-12-7-23(46-26(56)15-43-35(63)28(18(2)53)49-30(58)19(3-8-36)44-16-51)32(60)47-20(4-9-37)29(57)42-13-24(54)41-14-25(55)45-21(5-10-38)31(59)48-22(6-11-39)33(61)50-27/h16-20,23,27-28,52-53H,3-15,36-39H2,1-2H3,(H,40,62)(H,41,54)(H,42,57)(H,43,63)(H,44,51)(H,46,56)(H,47,60)(H,49,58)(H,50,61)/b45-21-,48-22+/t17-,18-,19+,20+,23+,27+,28+/m1/s1. The molecule has 0 unspecified atom stereocenters. The molecule has 11 amide bonds. The van der Waals surface area contributed by atoms with Gasteiger partial charge in [-0.1, -0.05) is 0 Å². The van der Waals surface area contributed by atoms with E-state index < -0.39 is 146 Å². The highest BCUT2D eigenvalue weighted by atomic mass is 16.3. The zero-order chi connectivity index (χ0) is 47.6. The molecular weight excluding hydrogens is 838 g/mol. The van der Waals surface area contributed by atoms with Crippen LogP contribution in [0.5, 0.6) is 0 Å². The molecule has 0 aromatic carbocycles. The van der Waals surface area contributed by atoms with Crippen molar-refractivity contribution >= 4 is 76.9 Å². The lowest BCUT2D eigenvalue weighted by Gasteiger charge is -2.25. The third-order valence-electron chi connectivity index (χ3n) is 8.68. The van der Waals surface area contributed by atoms with Gasteiger partial charge >= 0.3 is 0 Å². The minimum absolute atomic E-state index is 0.0101. The molecule has 0 aromatic heterocycles. The van der Waals surface area contributed by atoms with Crippen molar-refractivity contribution in [1.82, 2.24) is 47.9 Å². The summed E-state index contributed by atoms with van der Waals surface area (Å²) in [5.41, 5.74) is 21.3. The van der Waals surface area contributed by atoms with Gasteiger partial charge in [0.15, 0.2) is 0 Å². The maximum Gasteiger partial charge on any atom is 0.291 e. The fourth-order valence-corrected chi connectivity index (χ4v) is 5.39. The Morgan fingerprint density at radius 2 is 1.48 bits per heavy atom. The summed E-state index contributed by atoms with van der Waals surface area (Å²) >= 11 is 0. The molecule has 0 aromatic rings. The Labute approximate surface area is 361 Å². The lowest BCUT2D eigenvalue weighted by atomic mass is 10.1.